The number of amides is 1. The van der Waals surface area contributed by atoms with E-state index in [1.165, 1.54) is 4.90 Å². The van der Waals surface area contributed by atoms with Gasteiger partial charge in [0, 0.05) is 55.1 Å². The molecule has 40 heavy (non-hydrogen) atoms. The molecule has 0 bridgehead atoms. The number of benzene rings is 1. The highest BCUT2D eigenvalue weighted by Crippen LogP contribution is 2.28. The lowest BCUT2D eigenvalue weighted by atomic mass is 9.40. The first-order chi connectivity index (χ1) is 18.9. The number of carbonyl (C=O) groups is 1. The van der Waals surface area contributed by atoms with Crippen molar-refractivity contribution in [2.24, 2.45) is 7.05 Å². The van der Waals surface area contributed by atoms with Crippen molar-refractivity contribution in [2.75, 3.05) is 23.3 Å². The zero-order chi connectivity index (χ0) is 28.7. The van der Waals surface area contributed by atoms with Crippen LogP contribution in [0.2, 0.25) is 0 Å². The van der Waals surface area contributed by atoms with Gasteiger partial charge in [-0.2, -0.15) is 0 Å². The van der Waals surface area contributed by atoms with Crippen LogP contribution in [0.5, 0.6) is 0 Å². The maximum absolute atomic E-state index is 13.1. The topological polar surface area (TPSA) is 92.1 Å². The molecular formula is C25H22B6N8O. The Morgan fingerprint density at radius 2 is 1.70 bits per heavy atom. The molecule has 1 aromatic carbocycles. The van der Waals surface area contributed by atoms with Gasteiger partial charge in [-0.05, 0) is 42.5 Å². The summed E-state index contributed by atoms with van der Waals surface area (Å²) in [7, 11) is 37.1. The number of carbonyl (C=O) groups excluding carboxylic acids is 1. The first-order valence-electron chi connectivity index (χ1n) is 12.7. The second-order valence-electron chi connectivity index (χ2n) is 10.1. The van der Waals surface area contributed by atoms with E-state index in [0.29, 0.717) is 43.1 Å². The van der Waals surface area contributed by atoms with E-state index in [-0.39, 0.29) is 11.9 Å². The SMILES string of the molecule is [B]C([B])([B])N(C1CCN(c2cc(C(=O)Nc3cc4cc(-c5cn(C)nn5)ccc4cn3)ccn2)CC1)C([B])([B])[B]. The molecular weight excluding hydrogens is 493 g/mol. The fourth-order valence-electron chi connectivity index (χ4n) is 5.09. The van der Waals surface area contributed by atoms with Crippen molar-refractivity contribution in [3.05, 3.63) is 60.6 Å². The normalized spacial score (nSPS) is 15.0. The Labute approximate surface area is 241 Å². The van der Waals surface area contributed by atoms with E-state index in [0.717, 1.165) is 22.0 Å². The molecule has 12 radical (unpaired) electrons. The summed E-state index contributed by atoms with van der Waals surface area (Å²) in [6, 6.07) is 10.9. The number of hydrogen-bond donors (Lipinski definition) is 1. The number of rotatable bonds is 7. The van der Waals surface area contributed by atoms with Crippen LogP contribution in [0.25, 0.3) is 22.0 Å². The van der Waals surface area contributed by atoms with Crippen LogP contribution in [0.15, 0.2) is 55.0 Å². The molecule has 0 unspecified atom stereocenters. The van der Waals surface area contributed by atoms with E-state index in [2.05, 4.69) is 25.6 Å². The molecule has 15 heteroatoms. The predicted octanol–water partition coefficient (Wildman–Crippen LogP) is 0.182. The lowest BCUT2D eigenvalue weighted by molar-refractivity contribution is 0.102. The fraction of sp³-hybridized carbons (Fsp3) is 0.320. The van der Waals surface area contributed by atoms with Gasteiger partial charge < -0.3 is 15.1 Å². The van der Waals surface area contributed by atoms with Crippen LogP contribution in [-0.2, 0) is 7.05 Å². The van der Waals surface area contributed by atoms with Gasteiger partial charge in [-0.3, -0.25) is 9.48 Å². The minimum Gasteiger partial charge on any atom is -0.356 e. The third-order valence-corrected chi connectivity index (χ3v) is 6.86. The fourth-order valence-corrected chi connectivity index (χ4v) is 5.09. The van der Waals surface area contributed by atoms with Crippen LogP contribution >= 0.6 is 0 Å². The minimum atomic E-state index is -1.78. The molecule has 1 N–H and O–H groups in total. The van der Waals surface area contributed by atoms with Crippen LogP contribution in [0.3, 0.4) is 0 Å². The highest BCUT2D eigenvalue weighted by Gasteiger charge is 2.36. The third kappa shape index (κ3) is 6.14. The Bertz CT molecular complexity index is 1510. The summed E-state index contributed by atoms with van der Waals surface area (Å²) in [4.78, 5) is 25.4. The number of hydrogen-bond acceptors (Lipinski definition) is 7. The number of pyridine rings is 2. The van der Waals surface area contributed by atoms with Gasteiger partial charge in [0.15, 0.2) is 0 Å². The van der Waals surface area contributed by atoms with Crippen molar-refractivity contribution < 1.29 is 4.79 Å². The Hall–Kier alpha value is -3.46. The quantitative estimate of drug-likeness (QED) is 0.352. The second kappa shape index (κ2) is 10.8. The molecule has 0 aliphatic carbocycles. The number of aryl methyl sites for hydroxylation is 1. The van der Waals surface area contributed by atoms with Crippen molar-refractivity contribution in [1.29, 1.82) is 0 Å². The first-order valence-corrected chi connectivity index (χ1v) is 12.7. The molecule has 1 amide bonds. The largest absolute Gasteiger partial charge is 0.356 e. The van der Waals surface area contributed by atoms with Crippen molar-refractivity contribution in [3.63, 3.8) is 0 Å². The van der Waals surface area contributed by atoms with Gasteiger partial charge in [0.2, 0.25) is 0 Å². The second-order valence-corrected chi connectivity index (χ2v) is 10.1. The van der Waals surface area contributed by atoms with E-state index >= 15 is 0 Å². The van der Waals surface area contributed by atoms with Gasteiger partial charge in [-0.25, -0.2) is 9.97 Å². The Kier molecular flexibility index (Phi) is 7.61. The Balaban J connectivity index is 1.28. The summed E-state index contributed by atoms with van der Waals surface area (Å²) < 4.78 is 1.65. The van der Waals surface area contributed by atoms with Crippen molar-refractivity contribution in [1.82, 2.24) is 29.9 Å². The minimum absolute atomic E-state index is 0.240. The zero-order valence-corrected chi connectivity index (χ0v) is 22.1. The summed E-state index contributed by atoms with van der Waals surface area (Å²) >= 11 is 0. The molecule has 3 aromatic heterocycles. The summed E-state index contributed by atoms with van der Waals surface area (Å²) in [5.41, 5.74) is 2.12. The number of piperidine rings is 1. The van der Waals surface area contributed by atoms with E-state index in [1.54, 1.807) is 29.2 Å². The van der Waals surface area contributed by atoms with E-state index < -0.39 is 10.5 Å². The van der Waals surface area contributed by atoms with Crippen molar-refractivity contribution in [3.8, 4) is 11.3 Å². The van der Waals surface area contributed by atoms with Crippen molar-refractivity contribution >= 4 is 75.4 Å². The van der Waals surface area contributed by atoms with Crippen LogP contribution in [0.1, 0.15) is 23.2 Å². The summed E-state index contributed by atoms with van der Waals surface area (Å²) in [6.45, 7) is 1.15. The monoisotopic (exact) mass is 516 g/mol. The molecule has 1 fully saturated rings. The number of fused-ring (bicyclic) bond motifs is 1. The van der Waals surface area contributed by atoms with Gasteiger partial charge in [0.1, 0.15) is 17.3 Å². The number of anilines is 2. The summed E-state index contributed by atoms with van der Waals surface area (Å²) in [6.07, 6.45) is 6.31. The molecule has 0 saturated carbocycles. The summed E-state index contributed by atoms with van der Waals surface area (Å²) in [5.74, 6) is 0.771. The van der Waals surface area contributed by atoms with E-state index in [9.17, 15) is 4.79 Å². The molecule has 4 heterocycles. The lowest BCUT2D eigenvalue weighted by Crippen LogP contribution is -2.68. The van der Waals surface area contributed by atoms with Crippen LogP contribution in [0, 0.1) is 0 Å². The molecule has 0 atom stereocenters. The smallest absolute Gasteiger partial charge is 0.257 e. The van der Waals surface area contributed by atoms with Gasteiger partial charge in [-0.1, -0.05) is 27.8 Å². The number of nitrogens with zero attached hydrogens (tertiary/aromatic N) is 7. The molecule has 1 aliphatic heterocycles. The van der Waals surface area contributed by atoms with Crippen LogP contribution in [-0.4, -0.2) is 112 Å². The van der Waals surface area contributed by atoms with Crippen LogP contribution in [0.4, 0.5) is 11.6 Å². The maximum atomic E-state index is 13.1. The maximum Gasteiger partial charge on any atom is 0.257 e. The van der Waals surface area contributed by atoms with Crippen LogP contribution < -0.4 is 10.2 Å². The zero-order valence-electron chi connectivity index (χ0n) is 22.1. The van der Waals surface area contributed by atoms with E-state index in [1.807, 2.05) is 42.4 Å². The average Bonchev–Trinajstić information content (AvgIpc) is 3.33. The van der Waals surface area contributed by atoms with Gasteiger partial charge in [-0.15, -0.1) is 5.10 Å². The number of nitrogens with one attached hydrogen (secondary N) is 1. The Morgan fingerprint density at radius 3 is 2.35 bits per heavy atom. The molecule has 1 saturated heterocycles. The molecule has 186 valence electrons. The predicted molar refractivity (Wildman–Crippen MR) is 161 cm³/mol. The molecule has 1 aliphatic rings. The highest BCUT2D eigenvalue weighted by atomic mass is 16.1. The van der Waals surface area contributed by atoms with Gasteiger partial charge >= 0.3 is 0 Å². The third-order valence-electron chi connectivity index (χ3n) is 6.86. The highest BCUT2D eigenvalue weighted by molar-refractivity contribution is 6.63. The van der Waals surface area contributed by atoms with Gasteiger partial charge in [0.25, 0.3) is 5.91 Å². The van der Waals surface area contributed by atoms with E-state index in [4.69, 9.17) is 47.1 Å². The standard InChI is InChI=1S/C25H22B6N8O/c1-37-14-20(35-36-37)15-2-3-17-13-33-21(11-18(17)10-15)34-23(40)16-4-7-32-22(12-16)38-8-5-19(6-9-38)39(24(26,27)28)25(29,30)31/h2-4,7,10-14,19H,5-6,8-9H2,1H3,(H,33,34,40). The molecule has 0 spiro atoms. The Morgan fingerprint density at radius 1 is 0.975 bits per heavy atom. The average molecular weight is 515 g/mol. The van der Waals surface area contributed by atoms with Gasteiger partial charge in [0.05, 0.1) is 53.3 Å². The number of aromatic nitrogens is 5. The molecule has 4 aromatic rings. The molecule has 9 nitrogen and oxygen atoms in total. The summed E-state index contributed by atoms with van der Waals surface area (Å²) in [5, 5.41) is 9.32. The first kappa shape index (κ1) is 28.1. The molecule has 5 rings (SSSR count). The van der Waals surface area contributed by atoms with Crippen molar-refractivity contribution in [2.45, 2.75) is 29.4 Å². The lowest BCUT2D eigenvalue weighted by Gasteiger charge is -2.55.